The van der Waals surface area contributed by atoms with E-state index >= 15 is 0 Å². The SMILES string of the molecule is Cc1cc(CBr)cnc1N1CCCC1C. The lowest BCUT2D eigenvalue weighted by Crippen LogP contribution is -2.27. The van der Waals surface area contributed by atoms with Gasteiger partial charge in [0, 0.05) is 24.1 Å². The number of hydrogen-bond acceptors (Lipinski definition) is 2. The first-order chi connectivity index (χ1) is 7.22. The van der Waals surface area contributed by atoms with Crippen LogP contribution in [-0.2, 0) is 5.33 Å². The summed E-state index contributed by atoms with van der Waals surface area (Å²) < 4.78 is 0. The van der Waals surface area contributed by atoms with Crippen LogP contribution in [0.25, 0.3) is 0 Å². The maximum Gasteiger partial charge on any atom is 0.131 e. The lowest BCUT2D eigenvalue weighted by molar-refractivity contribution is 0.725. The van der Waals surface area contributed by atoms with Crippen molar-refractivity contribution in [2.75, 3.05) is 11.4 Å². The van der Waals surface area contributed by atoms with E-state index in [9.17, 15) is 0 Å². The van der Waals surface area contributed by atoms with Gasteiger partial charge in [-0.3, -0.25) is 0 Å². The zero-order chi connectivity index (χ0) is 10.8. The molecule has 0 N–H and O–H groups in total. The Kier molecular flexibility index (Phi) is 3.29. The van der Waals surface area contributed by atoms with Gasteiger partial charge in [0.1, 0.15) is 5.82 Å². The minimum Gasteiger partial charge on any atom is -0.354 e. The van der Waals surface area contributed by atoms with E-state index in [-0.39, 0.29) is 0 Å². The molecule has 1 saturated heterocycles. The second-order valence-corrected chi connectivity index (χ2v) is 4.86. The van der Waals surface area contributed by atoms with E-state index in [2.05, 4.69) is 45.7 Å². The van der Waals surface area contributed by atoms with Crippen molar-refractivity contribution in [1.29, 1.82) is 0 Å². The van der Waals surface area contributed by atoms with E-state index in [0.29, 0.717) is 6.04 Å². The molecular weight excluding hydrogens is 252 g/mol. The van der Waals surface area contributed by atoms with Crippen molar-refractivity contribution in [3.05, 3.63) is 23.4 Å². The lowest BCUT2D eigenvalue weighted by Gasteiger charge is -2.24. The summed E-state index contributed by atoms with van der Waals surface area (Å²) in [5, 5.41) is 0.886. The Morgan fingerprint density at radius 3 is 2.93 bits per heavy atom. The van der Waals surface area contributed by atoms with Crippen LogP contribution in [-0.4, -0.2) is 17.6 Å². The molecular formula is C12H17BrN2. The van der Waals surface area contributed by atoms with Crippen LogP contribution in [0.2, 0.25) is 0 Å². The Hall–Kier alpha value is -0.570. The summed E-state index contributed by atoms with van der Waals surface area (Å²) >= 11 is 3.46. The molecule has 1 atom stereocenters. The highest BCUT2D eigenvalue weighted by Gasteiger charge is 2.22. The van der Waals surface area contributed by atoms with Crippen molar-refractivity contribution in [2.24, 2.45) is 0 Å². The fraction of sp³-hybridized carbons (Fsp3) is 0.583. The predicted molar refractivity (Wildman–Crippen MR) is 67.6 cm³/mol. The molecule has 0 spiro atoms. The minimum absolute atomic E-state index is 0.644. The third-order valence-electron chi connectivity index (χ3n) is 3.09. The highest BCUT2D eigenvalue weighted by Crippen LogP contribution is 2.26. The van der Waals surface area contributed by atoms with Gasteiger partial charge in [0.15, 0.2) is 0 Å². The third-order valence-corrected chi connectivity index (χ3v) is 3.73. The third kappa shape index (κ3) is 2.17. The fourth-order valence-corrected chi connectivity index (χ4v) is 2.55. The highest BCUT2D eigenvalue weighted by molar-refractivity contribution is 9.08. The van der Waals surface area contributed by atoms with Gasteiger partial charge in [-0.05, 0) is 37.8 Å². The Morgan fingerprint density at radius 1 is 1.60 bits per heavy atom. The molecule has 1 aromatic heterocycles. The first kappa shape index (κ1) is 10.9. The first-order valence-electron chi connectivity index (χ1n) is 5.50. The van der Waals surface area contributed by atoms with E-state index in [1.807, 2.05) is 6.20 Å². The van der Waals surface area contributed by atoms with Crippen molar-refractivity contribution < 1.29 is 0 Å². The summed E-state index contributed by atoms with van der Waals surface area (Å²) in [7, 11) is 0. The normalized spacial score (nSPS) is 21.0. The number of hydrogen-bond donors (Lipinski definition) is 0. The first-order valence-corrected chi connectivity index (χ1v) is 6.62. The monoisotopic (exact) mass is 268 g/mol. The lowest BCUT2D eigenvalue weighted by atomic mass is 10.2. The summed E-state index contributed by atoms with van der Waals surface area (Å²) in [5.74, 6) is 1.17. The molecule has 2 nitrogen and oxygen atoms in total. The second-order valence-electron chi connectivity index (χ2n) is 4.30. The van der Waals surface area contributed by atoms with E-state index in [1.165, 1.54) is 29.8 Å². The van der Waals surface area contributed by atoms with Gasteiger partial charge in [-0.2, -0.15) is 0 Å². The zero-order valence-electron chi connectivity index (χ0n) is 9.33. The number of rotatable bonds is 2. The van der Waals surface area contributed by atoms with Gasteiger partial charge >= 0.3 is 0 Å². The average molecular weight is 269 g/mol. The van der Waals surface area contributed by atoms with Crippen LogP contribution < -0.4 is 4.90 Å². The molecule has 2 heterocycles. The predicted octanol–water partition coefficient (Wildman–Crippen LogP) is 3.27. The van der Waals surface area contributed by atoms with Gasteiger partial charge in [-0.15, -0.1) is 0 Å². The minimum atomic E-state index is 0.644. The van der Waals surface area contributed by atoms with Gasteiger partial charge in [0.25, 0.3) is 0 Å². The van der Waals surface area contributed by atoms with E-state index in [0.717, 1.165) is 11.9 Å². The van der Waals surface area contributed by atoms with Crippen LogP contribution in [0.3, 0.4) is 0 Å². The maximum absolute atomic E-state index is 4.58. The van der Waals surface area contributed by atoms with Crippen LogP contribution in [0.5, 0.6) is 0 Å². The molecule has 1 aromatic rings. The quantitative estimate of drug-likeness (QED) is 0.766. The Balaban J connectivity index is 2.28. The smallest absolute Gasteiger partial charge is 0.131 e. The number of alkyl halides is 1. The fourth-order valence-electron chi connectivity index (χ4n) is 2.25. The summed E-state index contributed by atoms with van der Waals surface area (Å²) in [5.41, 5.74) is 2.55. The topological polar surface area (TPSA) is 16.1 Å². The molecule has 1 aliphatic heterocycles. The van der Waals surface area contributed by atoms with E-state index < -0.39 is 0 Å². The second kappa shape index (κ2) is 4.52. The van der Waals surface area contributed by atoms with Crippen LogP contribution in [0, 0.1) is 6.92 Å². The Labute approximate surface area is 99.8 Å². The summed E-state index contributed by atoms with van der Waals surface area (Å²) in [6.45, 7) is 5.59. The standard InChI is InChI=1S/C12H17BrN2/c1-9-6-11(7-13)8-14-12(9)15-5-3-4-10(15)2/h6,8,10H,3-5,7H2,1-2H3. The molecule has 15 heavy (non-hydrogen) atoms. The molecule has 0 saturated carbocycles. The molecule has 2 rings (SSSR count). The number of halogens is 1. The van der Waals surface area contributed by atoms with Gasteiger partial charge < -0.3 is 4.90 Å². The van der Waals surface area contributed by atoms with Crippen LogP contribution in [0.1, 0.15) is 30.9 Å². The molecule has 1 fully saturated rings. The molecule has 3 heteroatoms. The maximum atomic E-state index is 4.58. The highest BCUT2D eigenvalue weighted by atomic mass is 79.9. The van der Waals surface area contributed by atoms with Crippen LogP contribution in [0.15, 0.2) is 12.3 Å². The van der Waals surface area contributed by atoms with Crippen molar-refractivity contribution in [1.82, 2.24) is 4.98 Å². The van der Waals surface area contributed by atoms with Crippen molar-refractivity contribution in [3.63, 3.8) is 0 Å². The summed E-state index contributed by atoms with van der Waals surface area (Å²) in [4.78, 5) is 7.00. The zero-order valence-corrected chi connectivity index (χ0v) is 10.9. The average Bonchev–Trinajstić information content (AvgIpc) is 2.64. The van der Waals surface area contributed by atoms with Crippen molar-refractivity contribution in [3.8, 4) is 0 Å². The van der Waals surface area contributed by atoms with Gasteiger partial charge in [-0.25, -0.2) is 4.98 Å². The summed E-state index contributed by atoms with van der Waals surface area (Å²) in [6, 6.07) is 2.87. The molecule has 1 unspecified atom stereocenters. The van der Waals surface area contributed by atoms with Crippen LogP contribution >= 0.6 is 15.9 Å². The van der Waals surface area contributed by atoms with Crippen molar-refractivity contribution >= 4 is 21.7 Å². The molecule has 1 aliphatic rings. The Bertz CT molecular complexity index is 351. The Morgan fingerprint density at radius 2 is 2.40 bits per heavy atom. The summed E-state index contributed by atoms with van der Waals surface area (Å²) in [6.07, 6.45) is 4.56. The number of aromatic nitrogens is 1. The molecule has 0 aliphatic carbocycles. The number of aryl methyl sites for hydroxylation is 1. The molecule has 0 radical (unpaired) electrons. The molecule has 0 amide bonds. The van der Waals surface area contributed by atoms with Crippen LogP contribution in [0.4, 0.5) is 5.82 Å². The van der Waals surface area contributed by atoms with E-state index in [1.54, 1.807) is 0 Å². The van der Waals surface area contributed by atoms with Gasteiger partial charge in [0.2, 0.25) is 0 Å². The van der Waals surface area contributed by atoms with Crippen molar-refractivity contribution in [2.45, 2.75) is 38.1 Å². The van der Waals surface area contributed by atoms with Gasteiger partial charge in [-0.1, -0.05) is 22.0 Å². The molecule has 0 bridgehead atoms. The molecule has 0 aromatic carbocycles. The van der Waals surface area contributed by atoms with Gasteiger partial charge in [0.05, 0.1) is 0 Å². The largest absolute Gasteiger partial charge is 0.354 e. The van der Waals surface area contributed by atoms with E-state index in [4.69, 9.17) is 0 Å². The molecule has 82 valence electrons. The number of pyridine rings is 1. The number of anilines is 1. The number of nitrogens with zero attached hydrogens (tertiary/aromatic N) is 2.